The number of ether oxygens (including phenoxy) is 1. The average molecular weight is 671 g/mol. The van der Waals surface area contributed by atoms with Crippen LogP contribution in [-0.4, -0.2) is 95.6 Å². The van der Waals surface area contributed by atoms with Crippen molar-refractivity contribution in [2.45, 2.75) is 62.9 Å². The number of nitro benzene ring substituents is 1. The van der Waals surface area contributed by atoms with E-state index < -0.39 is 41.5 Å². The number of hydrogen-bond donors (Lipinski definition) is 5. The van der Waals surface area contributed by atoms with Gasteiger partial charge < -0.3 is 30.9 Å². The van der Waals surface area contributed by atoms with Crippen LogP contribution in [0.5, 0.6) is 0 Å². The molecular formula is C27H33F3N8O7S. The molecule has 1 saturated heterocycles. The van der Waals surface area contributed by atoms with Gasteiger partial charge >= 0.3 is 12.1 Å². The van der Waals surface area contributed by atoms with Crippen molar-refractivity contribution < 1.29 is 42.6 Å². The van der Waals surface area contributed by atoms with Crippen molar-refractivity contribution in [2.75, 3.05) is 29.9 Å². The molecule has 0 radical (unpaired) electrons. The van der Waals surface area contributed by atoms with Gasteiger partial charge in [-0.2, -0.15) is 24.9 Å². The number of imidazole rings is 1. The quantitative estimate of drug-likeness (QED) is 0.0844. The summed E-state index contributed by atoms with van der Waals surface area (Å²) in [7, 11) is 0. The number of rotatable bonds is 16. The number of nitrogens with zero attached hydrogens (tertiary/aromatic N) is 5. The predicted octanol–water partition coefficient (Wildman–Crippen LogP) is 2.05. The maximum atomic E-state index is 12.1. The molecule has 1 aliphatic rings. The monoisotopic (exact) mass is 670 g/mol. The zero-order valence-electron chi connectivity index (χ0n) is 24.4. The molecule has 1 aromatic carbocycles. The van der Waals surface area contributed by atoms with Gasteiger partial charge in [0.05, 0.1) is 17.4 Å². The zero-order valence-corrected chi connectivity index (χ0v) is 25.2. The number of carbonyl (C=O) groups excluding carboxylic acids is 2. The van der Waals surface area contributed by atoms with Crippen molar-refractivity contribution in [1.82, 2.24) is 30.2 Å². The van der Waals surface area contributed by atoms with Gasteiger partial charge in [-0.3, -0.25) is 24.3 Å². The SMILES string of the molecule is O=C(CCCCCNC(=O)C(F)(F)F)NCCSC[C@H]1O[C@@H](n2cnc3c(NCc4ccc([N+](=O)[O-])cc4)ncnc32)[C@H](O)[C@@H]1O. The van der Waals surface area contributed by atoms with Crippen LogP contribution >= 0.6 is 11.8 Å². The molecular weight excluding hydrogens is 637 g/mol. The van der Waals surface area contributed by atoms with E-state index in [1.807, 2.05) is 0 Å². The van der Waals surface area contributed by atoms with Gasteiger partial charge in [0.1, 0.15) is 18.5 Å². The fraction of sp³-hybridized carbons (Fsp3) is 0.519. The first-order valence-electron chi connectivity index (χ1n) is 14.3. The molecule has 250 valence electrons. The van der Waals surface area contributed by atoms with Crippen LogP contribution in [-0.2, 0) is 20.9 Å². The molecule has 0 aliphatic carbocycles. The van der Waals surface area contributed by atoms with Crippen LogP contribution in [0.2, 0.25) is 0 Å². The molecule has 0 spiro atoms. The highest BCUT2D eigenvalue weighted by atomic mass is 32.2. The van der Waals surface area contributed by atoms with Crippen LogP contribution in [0, 0.1) is 10.1 Å². The number of benzene rings is 1. The molecule has 19 heteroatoms. The number of non-ortho nitro benzene ring substituents is 1. The number of anilines is 1. The number of nitrogens with one attached hydrogen (secondary N) is 3. The fourth-order valence-electron chi connectivity index (χ4n) is 4.63. The molecule has 3 heterocycles. The largest absolute Gasteiger partial charge is 0.471 e. The first-order valence-corrected chi connectivity index (χ1v) is 15.5. The molecule has 3 aromatic rings. The van der Waals surface area contributed by atoms with E-state index >= 15 is 0 Å². The van der Waals surface area contributed by atoms with Crippen LogP contribution in [0.4, 0.5) is 24.7 Å². The van der Waals surface area contributed by atoms with Crippen LogP contribution in [0.25, 0.3) is 11.2 Å². The van der Waals surface area contributed by atoms with E-state index in [-0.39, 0.29) is 24.6 Å². The summed E-state index contributed by atoms with van der Waals surface area (Å²) < 4.78 is 43.9. The summed E-state index contributed by atoms with van der Waals surface area (Å²) >= 11 is 1.41. The van der Waals surface area contributed by atoms with E-state index in [0.29, 0.717) is 60.8 Å². The Balaban J connectivity index is 1.18. The highest BCUT2D eigenvalue weighted by Crippen LogP contribution is 2.33. The molecule has 15 nitrogen and oxygen atoms in total. The number of thioether (sulfide) groups is 1. The number of halogens is 3. The van der Waals surface area contributed by atoms with Crippen molar-refractivity contribution in [3.63, 3.8) is 0 Å². The zero-order chi connectivity index (χ0) is 33.3. The fourth-order valence-corrected chi connectivity index (χ4v) is 5.55. The third kappa shape index (κ3) is 9.24. The van der Waals surface area contributed by atoms with Crippen molar-refractivity contribution in [1.29, 1.82) is 0 Å². The molecule has 0 saturated carbocycles. The molecule has 5 N–H and O–H groups in total. The van der Waals surface area contributed by atoms with Crippen molar-refractivity contribution in [2.24, 2.45) is 0 Å². The Hall–Kier alpha value is -4.07. The van der Waals surface area contributed by atoms with Crippen LogP contribution in [0.1, 0.15) is 37.5 Å². The summed E-state index contributed by atoms with van der Waals surface area (Å²) in [6, 6.07) is 6.06. The minimum atomic E-state index is -4.91. The first-order chi connectivity index (χ1) is 22.0. The number of fused-ring (bicyclic) bond motifs is 1. The van der Waals surface area contributed by atoms with E-state index in [1.54, 1.807) is 17.4 Å². The Labute approximate surface area is 264 Å². The Morgan fingerprint density at radius 2 is 1.80 bits per heavy atom. The van der Waals surface area contributed by atoms with Crippen LogP contribution < -0.4 is 16.0 Å². The topological polar surface area (TPSA) is 207 Å². The molecule has 4 atom stereocenters. The molecule has 0 unspecified atom stereocenters. The highest BCUT2D eigenvalue weighted by molar-refractivity contribution is 7.99. The number of aliphatic hydroxyl groups excluding tert-OH is 2. The maximum absolute atomic E-state index is 12.1. The number of nitro groups is 1. The number of unbranched alkanes of at least 4 members (excludes halogenated alkanes) is 2. The normalized spacial score (nSPS) is 19.7. The summed E-state index contributed by atoms with van der Waals surface area (Å²) in [5.74, 6) is -0.942. The van der Waals surface area contributed by atoms with Gasteiger partial charge in [0.15, 0.2) is 23.2 Å². The van der Waals surface area contributed by atoms with Gasteiger partial charge in [-0.25, -0.2) is 15.0 Å². The van der Waals surface area contributed by atoms with E-state index in [1.165, 1.54) is 41.1 Å². The van der Waals surface area contributed by atoms with E-state index in [9.17, 15) is 43.1 Å². The lowest BCUT2D eigenvalue weighted by molar-refractivity contribution is -0.384. The number of alkyl halides is 3. The van der Waals surface area contributed by atoms with Gasteiger partial charge in [-0.05, 0) is 18.4 Å². The van der Waals surface area contributed by atoms with E-state index in [4.69, 9.17) is 4.74 Å². The van der Waals surface area contributed by atoms with Crippen LogP contribution in [0.15, 0.2) is 36.9 Å². The minimum Gasteiger partial charge on any atom is -0.387 e. The Bertz CT molecular complexity index is 1490. The van der Waals surface area contributed by atoms with Gasteiger partial charge in [0, 0.05) is 49.7 Å². The first kappa shape index (κ1) is 34.8. The summed E-state index contributed by atoms with van der Waals surface area (Å²) in [5.41, 5.74) is 1.52. The van der Waals surface area contributed by atoms with Crippen molar-refractivity contribution in [3.8, 4) is 0 Å². The average Bonchev–Trinajstić information content (AvgIpc) is 3.57. The van der Waals surface area contributed by atoms with Gasteiger partial charge in [0.2, 0.25) is 5.91 Å². The standard InChI is InChI=1S/C27H33F3N8O7S/c28-27(29,30)26(42)32-9-3-1-2-4-19(39)31-10-11-46-13-18-21(40)22(41)25(45-18)37-15-36-20-23(34-14-35-24(20)37)33-12-16-5-7-17(8-6-16)38(43)44/h5-8,14-15,18,21-22,25,40-41H,1-4,9-13H2,(H,31,39)(H,32,42)(H,33,34,35)/t18-,21-,22-,25-/m1/s1. The summed E-state index contributed by atoms with van der Waals surface area (Å²) in [4.78, 5) is 46.0. The number of aromatic nitrogens is 4. The summed E-state index contributed by atoms with van der Waals surface area (Å²) in [6.45, 7) is 0.544. The van der Waals surface area contributed by atoms with Crippen LogP contribution in [0.3, 0.4) is 0 Å². The molecule has 0 bridgehead atoms. The van der Waals surface area contributed by atoms with Gasteiger partial charge in [-0.1, -0.05) is 18.6 Å². The Morgan fingerprint density at radius 3 is 2.52 bits per heavy atom. The number of amides is 2. The van der Waals surface area contributed by atoms with E-state index in [2.05, 4.69) is 25.6 Å². The molecule has 1 fully saturated rings. The molecule has 4 rings (SSSR count). The Morgan fingerprint density at radius 1 is 1.04 bits per heavy atom. The maximum Gasteiger partial charge on any atom is 0.471 e. The number of aliphatic hydroxyl groups is 2. The second-order valence-electron chi connectivity index (χ2n) is 10.4. The van der Waals surface area contributed by atoms with Gasteiger partial charge in [-0.15, -0.1) is 0 Å². The third-order valence-corrected chi connectivity index (χ3v) is 8.11. The van der Waals surface area contributed by atoms with Crippen molar-refractivity contribution in [3.05, 3.63) is 52.6 Å². The summed E-state index contributed by atoms with van der Waals surface area (Å²) in [5, 5.41) is 39.9. The molecule has 2 amide bonds. The highest BCUT2D eigenvalue weighted by Gasteiger charge is 2.44. The lowest BCUT2D eigenvalue weighted by Gasteiger charge is -2.16. The Kier molecular flexibility index (Phi) is 12.1. The lowest BCUT2D eigenvalue weighted by atomic mass is 10.1. The lowest BCUT2D eigenvalue weighted by Crippen LogP contribution is -2.37. The smallest absolute Gasteiger partial charge is 0.387 e. The van der Waals surface area contributed by atoms with E-state index in [0.717, 1.165) is 5.56 Å². The molecule has 2 aromatic heterocycles. The molecule has 46 heavy (non-hydrogen) atoms. The third-order valence-electron chi connectivity index (χ3n) is 7.05. The number of hydrogen-bond acceptors (Lipinski definition) is 12. The predicted molar refractivity (Wildman–Crippen MR) is 160 cm³/mol. The minimum absolute atomic E-state index is 0.0171. The second kappa shape index (κ2) is 16.0. The van der Waals surface area contributed by atoms with Crippen molar-refractivity contribution >= 4 is 46.2 Å². The number of carbonyl (C=O) groups is 2. The second-order valence-corrected chi connectivity index (χ2v) is 11.5. The molecule has 1 aliphatic heterocycles. The summed E-state index contributed by atoms with van der Waals surface area (Å²) in [6.07, 6.45) is -4.82. The van der Waals surface area contributed by atoms with Gasteiger partial charge in [0.25, 0.3) is 5.69 Å².